The smallest absolute Gasteiger partial charge is 0.257 e. The van der Waals surface area contributed by atoms with Crippen LogP contribution in [-0.2, 0) is 6.54 Å². The van der Waals surface area contributed by atoms with Crippen LogP contribution in [0.3, 0.4) is 0 Å². The van der Waals surface area contributed by atoms with Crippen molar-refractivity contribution in [2.45, 2.75) is 60.0 Å². The number of rotatable bonds is 9. The highest BCUT2D eigenvalue weighted by atomic mass is 19.1. The zero-order valence-corrected chi connectivity index (χ0v) is 24.1. The largest absolute Gasteiger partial charge is 0.492 e. The molecule has 2 aromatic carbocycles. The lowest BCUT2D eigenvalue weighted by Crippen LogP contribution is -2.47. The van der Waals surface area contributed by atoms with Crippen LogP contribution in [0.5, 0.6) is 5.75 Å². The Bertz CT molecular complexity index is 1410. The van der Waals surface area contributed by atoms with Gasteiger partial charge in [-0.3, -0.25) is 14.5 Å². The van der Waals surface area contributed by atoms with E-state index in [4.69, 9.17) is 4.74 Å². The predicted octanol–water partition coefficient (Wildman–Crippen LogP) is 5.20. The standard InChI is InChI=1S/C31H41FN4O3/c1-7-11-34-12-14-35(15-13-34)28-26(32)17-24-27(30(28)39-6)36(22(5)8-2)19-25(29(24)37)31(38)33-18-23-10-9-20(3)16-21(23)4/h9-10,16-17,19,22H,7-8,11-15,18H2,1-6H3,(H,33,38). The lowest BCUT2D eigenvalue weighted by Gasteiger charge is -2.37. The van der Waals surface area contributed by atoms with E-state index in [1.165, 1.54) is 13.2 Å². The van der Waals surface area contributed by atoms with E-state index in [0.717, 1.165) is 49.2 Å². The Morgan fingerprint density at radius 1 is 1.13 bits per heavy atom. The molecule has 1 atom stereocenters. The van der Waals surface area contributed by atoms with Crippen molar-refractivity contribution < 1.29 is 13.9 Å². The Kier molecular flexibility index (Phi) is 8.95. The fourth-order valence-corrected chi connectivity index (χ4v) is 5.46. The number of methoxy groups -OCH3 is 1. The van der Waals surface area contributed by atoms with Crippen molar-refractivity contribution in [2.24, 2.45) is 0 Å². The molecule has 8 heteroatoms. The summed E-state index contributed by atoms with van der Waals surface area (Å²) in [5, 5.41) is 3.05. The number of anilines is 1. The highest BCUT2D eigenvalue weighted by Crippen LogP contribution is 2.39. The third-order valence-electron chi connectivity index (χ3n) is 7.88. The summed E-state index contributed by atoms with van der Waals surface area (Å²) in [5.74, 6) is -0.646. The SMILES string of the molecule is CCCN1CCN(c2c(F)cc3c(=O)c(C(=O)NCc4ccc(C)cc4C)cn(C(C)CC)c3c2OC)CC1. The molecule has 7 nitrogen and oxygen atoms in total. The van der Waals surface area contributed by atoms with Gasteiger partial charge >= 0.3 is 0 Å². The predicted molar refractivity (Wildman–Crippen MR) is 156 cm³/mol. The van der Waals surface area contributed by atoms with E-state index in [-0.39, 0.29) is 17.0 Å². The van der Waals surface area contributed by atoms with Crippen LogP contribution in [0, 0.1) is 19.7 Å². The fraction of sp³-hybridized carbons (Fsp3) is 0.484. The van der Waals surface area contributed by atoms with Crippen LogP contribution >= 0.6 is 0 Å². The molecule has 1 unspecified atom stereocenters. The number of carbonyl (C=O) groups excluding carboxylic acids is 1. The van der Waals surface area contributed by atoms with E-state index in [9.17, 15) is 9.59 Å². The molecule has 210 valence electrons. The van der Waals surface area contributed by atoms with Gasteiger partial charge in [0.15, 0.2) is 11.6 Å². The molecule has 4 rings (SSSR count). The van der Waals surface area contributed by atoms with Crippen LogP contribution in [0.4, 0.5) is 10.1 Å². The fourth-order valence-electron chi connectivity index (χ4n) is 5.46. The summed E-state index contributed by atoms with van der Waals surface area (Å²) in [6, 6.07) is 7.27. The first-order valence-corrected chi connectivity index (χ1v) is 14.0. The highest BCUT2D eigenvalue weighted by Gasteiger charge is 2.28. The lowest BCUT2D eigenvalue weighted by molar-refractivity contribution is 0.0949. The molecule has 0 bridgehead atoms. The Morgan fingerprint density at radius 3 is 2.46 bits per heavy atom. The number of aryl methyl sites for hydroxylation is 2. The highest BCUT2D eigenvalue weighted by molar-refractivity contribution is 6.00. The summed E-state index contributed by atoms with van der Waals surface area (Å²) < 4.78 is 23.5. The number of aromatic nitrogens is 1. The summed E-state index contributed by atoms with van der Waals surface area (Å²) in [7, 11) is 1.51. The van der Waals surface area contributed by atoms with Gasteiger partial charge in [-0.15, -0.1) is 0 Å². The zero-order chi connectivity index (χ0) is 28.3. The van der Waals surface area contributed by atoms with Gasteiger partial charge in [0.25, 0.3) is 5.91 Å². The monoisotopic (exact) mass is 536 g/mol. The van der Waals surface area contributed by atoms with E-state index >= 15 is 4.39 Å². The molecule has 2 heterocycles. The van der Waals surface area contributed by atoms with Crippen molar-refractivity contribution in [1.82, 2.24) is 14.8 Å². The topological polar surface area (TPSA) is 66.8 Å². The first kappa shape index (κ1) is 28.6. The van der Waals surface area contributed by atoms with Crippen molar-refractivity contribution in [3.63, 3.8) is 0 Å². The second-order valence-electron chi connectivity index (χ2n) is 10.6. The second-order valence-corrected chi connectivity index (χ2v) is 10.6. The molecule has 3 aromatic rings. The van der Waals surface area contributed by atoms with Gasteiger partial charge in [0, 0.05) is 45.0 Å². The van der Waals surface area contributed by atoms with E-state index in [0.29, 0.717) is 36.6 Å². The van der Waals surface area contributed by atoms with Gasteiger partial charge in [-0.2, -0.15) is 0 Å². The number of halogens is 1. The third-order valence-corrected chi connectivity index (χ3v) is 7.88. The first-order chi connectivity index (χ1) is 18.7. The maximum Gasteiger partial charge on any atom is 0.257 e. The average molecular weight is 537 g/mol. The zero-order valence-electron chi connectivity index (χ0n) is 24.1. The van der Waals surface area contributed by atoms with Crippen molar-refractivity contribution in [3.8, 4) is 5.75 Å². The molecular formula is C31H41FN4O3. The molecule has 39 heavy (non-hydrogen) atoms. The molecule has 0 radical (unpaired) electrons. The normalized spacial score (nSPS) is 15.0. The molecule has 1 fully saturated rings. The van der Waals surface area contributed by atoms with E-state index < -0.39 is 17.2 Å². The Hall–Kier alpha value is -3.39. The van der Waals surface area contributed by atoms with Crippen molar-refractivity contribution >= 4 is 22.5 Å². The van der Waals surface area contributed by atoms with Gasteiger partial charge in [-0.05, 0) is 57.4 Å². The summed E-state index contributed by atoms with van der Waals surface area (Å²) in [4.78, 5) is 31.3. The number of pyridine rings is 1. The number of piperazine rings is 1. The minimum Gasteiger partial charge on any atom is -0.492 e. The van der Waals surface area contributed by atoms with Gasteiger partial charge in [0.1, 0.15) is 11.3 Å². The Labute approximate surface area is 230 Å². The molecule has 1 saturated heterocycles. The number of amides is 1. The van der Waals surface area contributed by atoms with Crippen molar-refractivity contribution in [3.05, 3.63) is 68.8 Å². The van der Waals surface area contributed by atoms with Crippen molar-refractivity contribution in [2.75, 3.05) is 44.7 Å². The molecule has 1 aliphatic heterocycles. The summed E-state index contributed by atoms with van der Waals surface area (Å²) in [6.45, 7) is 14.6. The molecule has 1 amide bonds. The Morgan fingerprint density at radius 2 is 1.85 bits per heavy atom. The van der Waals surface area contributed by atoms with Gasteiger partial charge in [-0.25, -0.2) is 4.39 Å². The van der Waals surface area contributed by atoms with Gasteiger partial charge in [0.05, 0.1) is 18.0 Å². The number of benzene rings is 2. The quantitative estimate of drug-likeness (QED) is 0.407. The molecule has 1 N–H and O–H groups in total. The van der Waals surface area contributed by atoms with Crippen LogP contribution in [0.25, 0.3) is 10.9 Å². The molecule has 1 aromatic heterocycles. The molecule has 0 aliphatic carbocycles. The maximum atomic E-state index is 15.8. The first-order valence-electron chi connectivity index (χ1n) is 14.0. The summed E-state index contributed by atoms with van der Waals surface area (Å²) >= 11 is 0. The number of ether oxygens (including phenoxy) is 1. The number of hydrogen-bond acceptors (Lipinski definition) is 5. The number of carbonyl (C=O) groups is 1. The minimum atomic E-state index is -0.510. The maximum absolute atomic E-state index is 15.8. The minimum absolute atomic E-state index is 0.00468. The van der Waals surface area contributed by atoms with E-state index in [1.54, 1.807) is 6.20 Å². The number of nitrogens with one attached hydrogen (secondary N) is 1. The number of hydrogen-bond donors (Lipinski definition) is 1. The second kappa shape index (κ2) is 12.2. The third kappa shape index (κ3) is 5.81. The molecule has 0 spiro atoms. The van der Waals surface area contributed by atoms with Crippen LogP contribution < -0.4 is 20.4 Å². The van der Waals surface area contributed by atoms with Crippen LogP contribution in [-0.4, -0.2) is 55.2 Å². The molecule has 0 saturated carbocycles. The van der Waals surface area contributed by atoms with Crippen LogP contribution in [0.1, 0.15) is 66.7 Å². The lowest BCUT2D eigenvalue weighted by atomic mass is 10.0. The van der Waals surface area contributed by atoms with E-state index in [1.807, 2.05) is 49.3 Å². The van der Waals surface area contributed by atoms with Gasteiger partial charge < -0.3 is 19.5 Å². The van der Waals surface area contributed by atoms with Crippen molar-refractivity contribution in [1.29, 1.82) is 0 Å². The number of fused-ring (bicyclic) bond motifs is 1. The van der Waals surface area contributed by atoms with Crippen LogP contribution in [0.2, 0.25) is 0 Å². The molecule has 1 aliphatic rings. The summed E-state index contributed by atoms with van der Waals surface area (Å²) in [5.41, 5.74) is 3.59. The molecular weight excluding hydrogens is 495 g/mol. The average Bonchev–Trinajstić information content (AvgIpc) is 2.92. The van der Waals surface area contributed by atoms with Crippen LogP contribution in [0.15, 0.2) is 35.3 Å². The van der Waals surface area contributed by atoms with Gasteiger partial charge in [-0.1, -0.05) is 37.6 Å². The number of nitrogens with zero attached hydrogens (tertiary/aromatic N) is 3. The Balaban J connectivity index is 1.77. The van der Waals surface area contributed by atoms with Gasteiger partial charge in [0.2, 0.25) is 5.43 Å². The van der Waals surface area contributed by atoms with E-state index in [2.05, 4.69) is 23.2 Å². The summed E-state index contributed by atoms with van der Waals surface area (Å²) in [6.07, 6.45) is 3.45.